The third-order valence-corrected chi connectivity index (χ3v) is 4.50. The van der Waals surface area contributed by atoms with Crippen molar-refractivity contribution in [2.45, 2.75) is 38.6 Å². The van der Waals surface area contributed by atoms with Gasteiger partial charge in [-0.05, 0) is 36.5 Å². The van der Waals surface area contributed by atoms with Gasteiger partial charge < -0.3 is 15.5 Å². The molecule has 7 heteroatoms. The Kier molecular flexibility index (Phi) is 10.5. The van der Waals surface area contributed by atoms with Crippen molar-refractivity contribution >= 4 is 35.8 Å². The number of aliphatic imine (C=N–C) groups is 1. The molecule has 0 atom stereocenters. The lowest BCUT2D eigenvalue weighted by atomic mass is 9.89. The number of nitrogens with one attached hydrogen (secondary N) is 2. The first-order chi connectivity index (χ1) is 12.0. The number of guanidine groups is 1. The molecule has 146 valence electrons. The molecule has 0 saturated heterocycles. The number of benzene rings is 1. The molecule has 1 aromatic rings. The lowest BCUT2D eigenvalue weighted by molar-refractivity contribution is -0.127. The van der Waals surface area contributed by atoms with Crippen molar-refractivity contribution in [3.63, 3.8) is 0 Å². The summed E-state index contributed by atoms with van der Waals surface area (Å²) in [5.41, 5.74) is 0.803. The Balaban J connectivity index is 0.00000338. The van der Waals surface area contributed by atoms with Crippen LogP contribution in [0.15, 0.2) is 29.3 Å². The average Bonchev–Trinajstić information content (AvgIpc) is 2.61. The Bertz CT molecular complexity index is 589. The number of likely N-dealkylation sites (N-methyl/N-ethyl adjacent to an activating group) is 1. The summed E-state index contributed by atoms with van der Waals surface area (Å²) in [5, 5.41) is 6.42. The predicted molar refractivity (Wildman–Crippen MR) is 114 cm³/mol. The van der Waals surface area contributed by atoms with Gasteiger partial charge in [-0.2, -0.15) is 0 Å². The molecule has 26 heavy (non-hydrogen) atoms. The first kappa shape index (κ1) is 22.7. The van der Waals surface area contributed by atoms with Gasteiger partial charge in [-0.3, -0.25) is 4.79 Å². The molecule has 0 bridgehead atoms. The maximum absolute atomic E-state index is 13.3. The highest BCUT2D eigenvalue weighted by molar-refractivity contribution is 14.0. The molecule has 1 aromatic carbocycles. The fourth-order valence-corrected chi connectivity index (χ4v) is 2.93. The van der Waals surface area contributed by atoms with E-state index in [-0.39, 0.29) is 42.2 Å². The maximum Gasteiger partial charge on any atom is 0.241 e. The molecule has 0 heterocycles. The zero-order chi connectivity index (χ0) is 18.1. The molecular formula is C19H30FIN4O. The summed E-state index contributed by atoms with van der Waals surface area (Å²) < 4.78 is 13.3. The number of hydrogen-bond acceptors (Lipinski definition) is 2. The van der Waals surface area contributed by atoms with Crippen molar-refractivity contribution < 1.29 is 9.18 Å². The highest BCUT2D eigenvalue weighted by atomic mass is 127. The van der Waals surface area contributed by atoms with Crippen molar-refractivity contribution in [1.82, 2.24) is 15.5 Å². The van der Waals surface area contributed by atoms with Crippen molar-refractivity contribution in [1.29, 1.82) is 0 Å². The van der Waals surface area contributed by atoms with Gasteiger partial charge in [0.2, 0.25) is 5.91 Å². The van der Waals surface area contributed by atoms with Crippen molar-refractivity contribution in [3.8, 4) is 0 Å². The molecule has 1 aliphatic rings. The Hall–Kier alpha value is -1.38. The van der Waals surface area contributed by atoms with Gasteiger partial charge >= 0.3 is 0 Å². The van der Waals surface area contributed by atoms with Gasteiger partial charge in [0.05, 0.1) is 13.1 Å². The van der Waals surface area contributed by atoms with Gasteiger partial charge in [0.1, 0.15) is 5.82 Å². The summed E-state index contributed by atoms with van der Waals surface area (Å²) in [4.78, 5) is 17.9. The third kappa shape index (κ3) is 8.33. The maximum atomic E-state index is 13.3. The third-order valence-electron chi connectivity index (χ3n) is 4.50. The summed E-state index contributed by atoms with van der Waals surface area (Å²) >= 11 is 0. The number of carbonyl (C=O) groups excluding carboxylic acids is 1. The smallest absolute Gasteiger partial charge is 0.241 e. The minimum Gasteiger partial charge on any atom is -0.356 e. The summed E-state index contributed by atoms with van der Waals surface area (Å²) in [5.74, 6) is 0.975. The van der Waals surface area contributed by atoms with E-state index in [1.165, 1.54) is 44.2 Å². The molecule has 0 aliphatic heterocycles. The molecule has 2 rings (SSSR count). The van der Waals surface area contributed by atoms with E-state index in [1.807, 2.05) is 6.07 Å². The fraction of sp³-hybridized carbons (Fsp3) is 0.579. The van der Waals surface area contributed by atoms with E-state index in [9.17, 15) is 9.18 Å². The summed E-state index contributed by atoms with van der Waals surface area (Å²) in [6.07, 6.45) is 6.37. The number of amides is 1. The summed E-state index contributed by atoms with van der Waals surface area (Å²) in [7, 11) is 3.45. The van der Waals surface area contributed by atoms with Crippen molar-refractivity contribution in [2.75, 3.05) is 27.2 Å². The van der Waals surface area contributed by atoms with Gasteiger partial charge in [-0.1, -0.05) is 31.4 Å². The molecule has 1 aliphatic carbocycles. The number of halogens is 2. The SMILES string of the molecule is CN(C)C(=O)CNC(=NCc1cccc(F)c1)NCC1CCCCC1.I. The van der Waals surface area contributed by atoms with E-state index in [4.69, 9.17) is 0 Å². The first-order valence-corrected chi connectivity index (χ1v) is 9.01. The molecule has 0 radical (unpaired) electrons. The Morgan fingerprint density at radius 3 is 2.62 bits per heavy atom. The summed E-state index contributed by atoms with van der Waals surface area (Å²) in [6.45, 7) is 1.41. The normalized spacial score (nSPS) is 15.1. The topological polar surface area (TPSA) is 56.7 Å². The number of carbonyl (C=O) groups is 1. The predicted octanol–water partition coefficient (Wildman–Crippen LogP) is 3.15. The average molecular weight is 476 g/mol. The van der Waals surface area contributed by atoms with E-state index in [1.54, 1.807) is 25.1 Å². The van der Waals surface area contributed by atoms with E-state index in [0.717, 1.165) is 12.1 Å². The van der Waals surface area contributed by atoms with Crippen LogP contribution in [0.3, 0.4) is 0 Å². The minimum absolute atomic E-state index is 0. The van der Waals surface area contributed by atoms with Crippen LogP contribution in [-0.2, 0) is 11.3 Å². The zero-order valence-corrected chi connectivity index (χ0v) is 18.0. The Morgan fingerprint density at radius 1 is 1.23 bits per heavy atom. The van der Waals surface area contributed by atoms with Crippen LogP contribution in [-0.4, -0.2) is 44.0 Å². The monoisotopic (exact) mass is 476 g/mol. The van der Waals surface area contributed by atoms with Crippen molar-refractivity contribution in [2.24, 2.45) is 10.9 Å². The zero-order valence-electron chi connectivity index (χ0n) is 15.6. The second kappa shape index (κ2) is 12.1. The van der Waals surface area contributed by atoms with Crippen molar-refractivity contribution in [3.05, 3.63) is 35.6 Å². The molecule has 5 nitrogen and oxygen atoms in total. The fourth-order valence-electron chi connectivity index (χ4n) is 2.93. The molecule has 1 fully saturated rings. The minimum atomic E-state index is -0.264. The number of nitrogens with zero attached hydrogens (tertiary/aromatic N) is 2. The van der Waals surface area contributed by atoms with E-state index in [2.05, 4.69) is 15.6 Å². The van der Waals surface area contributed by atoms with Crippen LogP contribution in [0.1, 0.15) is 37.7 Å². The highest BCUT2D eigenvalue weighted by Gasteiger charge is 2.14. The quantitative estimate of drug-likeness (QED) is 0.377. The van der Waals surface area contributed by atoms with Gasteiger partial charge in [0, 0.05) is 20.6 Å². The van der Waals surface area contributed by atoms with Crippen LogP contribution < -0.4 is 10.6 Å². The van der Waals surface area contributed by atoms with Crippen LogP contribution in [0.2, 0.25) is 0 Å². The molecule has 2 N–H and O–H groups in total. The van der Waals surface area contributed by atoms with Gasteiger partial charge in [-0.25, -0.2) is 9.38 Å². The molecule has 0 aromatic heterocycles. The van der Waals surface area contributed by atoms with Crippen LogP contribution >= 0.6 is 24.0 Å². The van der Waals surface area contributed by atoms with Crippen LogP contribution in [0, 0.1) is 11.7 Å². The lowest BCUT2D eigenvalue weighted by Crippen LogP contribution is -2.44. The number of rotatable bonds is 6. The van der Waals surface area contributed by atoms with E-state index >= 15 is 0 Å². The van der Waals surface area contributed by atoms with E-state index in [0.29, 0.717) is 18.4 Å². The second-order valence-electron chi connectivity index (χ2n) is 6.82. The molecule has 0 spiro atoms. The van der Waals surface area contributed by atoms with Gasteiger partial charge in [0.15, 0.2) is 5.96 Å². The molecule has 1 saturated carbocycles. The Labute approximate surface area is 172 Å². The van der Waals surface area contributed by atoms with Crippen LogP contribution in [0.5, 0.6) is 0 Å². The van der Waals surface area contributed by atoms with E-state index < -0.39 is 0 Å². The molecular weight excluding hydrogens is 446 g/mol. The van der Waals surface area contributed by atoms with Gasteiger partial charge in [0.25, 0.3) is 0 Å². The Morgan fingerprint density at radius 2 is 1.96 bits per heavy atom. The standard InChI is InChI=1S/C19H29FN4O.HI/c1-24(2)18(25)14-23-19(21-12-15-7-4-3-5-8-15)22-13-16-9-6-10-17(20)11-16;/h6,9-11,15H,3-5,7-8,12-14H2,1-2H3,(H2,21,22,23);1H. The highest BCUT2D eigenvalue weighted by Crippen LogP contribution is 2.22. The second-order valence-corrected chi connectivity index (χ2v) is 6.82. The first-order valence-electron chi connectivity index (χ1n) is 9.01. The van der Waals surface area contributed by atoms with Crippen LogP contribution in [0.4, 0.5) is 4.39 Å². The van der Waals surface area contributed by atoms with Crippen LogP contribution in [0.25, 0.3) is 0 Å². The lowest BCUT2D eigenvalue weighted by Gasteiger charge is -2.23. The summed E-state index contributed by atoms with van der Waals surface area (Å²) in [6, 6.07) is 6.42. The number of hydrogen-bond donors (Lipinski definition) is 2. The van der Waals surface area contributed by atoms with Gasteiger partial charge in [-0.15, -0.1) is 24.0 Å². The molecule has 1 amide bonds. The largest absolute Gasteiger partial charge is 0.356 e. The molecule has 0 unspecified atom stereocenters.